The highest BCUT2D eigenvalue weighted by Crippen LogP contribution is 2.26. The van der Waals surface area contributed by atoms with Gasteiger partial charge in [-0.2, -0.15) is 0 Å². The maximum Gasteiger partial charge on any atom is 0.258 e. The first-order valence-corrected chi connectivity index (χ1v) is 7.22. The third-order valence-corrected chi connectivity index (χ3v) is 3.57. The summed E-state index contributed by atoms with van der Waals surface area (Å²) in [4.78, 5) is 20.3. The zero-order valence-electron chi connectivity index (χ0n) is 10.9. The van der Waals surface area contributed by atoms with Crippen molar-refractivity contribution in [2.24, 2.45) is 0 Å². The van der Waals surface area contributed by atoms with Crippen LogP contribution in [0.15, 0.2) is 30.6 Å². The molecule has 0 saturated heterocycles. The molecule has 1 aliphatic rings. The Hall–Kier alpha value is -1.85. The summed E-state index contributed by atoms with van der Waals surface area (Å²) < 4.78 is 0. The van der Waals surface area contributed by atoms with E-state index in [-0.39, 0.29) is 5.91 Å². The van der Waals surface area contributed by atoms with Gasteiger partial charge in [0.15, 0.2) is 0 Å². The van der Waals surface area contributed by atoms with Gasteiger partial charge in [0, 0.05) is 23.5 Å². The second kappa shape index (κ2) is 5.87. The molecule has 0 radical (unpaired) electrons. The normalized spacial score (nSPS) is 13.8. The maximum absolute atomic E-state index is 12.1. The Labute approximate surface area is 131 Å². The number of hydrogen-bond acceptors (Lipinski definition) is 4. The van der Waals surface area contributed by atoms with E-state index in [9.17, 15) is 4.79 Å². The predicted molar refractivity (Wildman–Crippen MR) is 83.1 cm³/mol. The van der Waals surface area contributed by atoms with E-state index in [0.29, 0.717) is 33.3 Å². The van der Waals surface area contributed by atoms with Gasteiger partial charge in [-0.1, -0.05) is 23.2 Å². The van der Waals surface area contributed by atoms with Gasteiger partial charge in [-0.05, 0) is 31.0 Å². The molecule has 21 heavy (non-hydrogen) atoms. The Bertz CT molecular complexity index is 671. The summed E-state index contributed by atoms with van der Waals surface area (Å²) in [5, 5.41) is 6.75. The van der Waals surface area contributed by atoms with Gasteiger partial charge in [0.25, 0.3) is 5.91 Å². The van der Waals surface area contributed by atoms with Crippen molar-refractivity contribution in [3.8, 4) is 0 Å². The molecule has 1 amide bonds. The van der Waals surface area contributed by atoms with Crippen molar-refractivity contribution in [1.82, 2.24) is 9.97 Å². The fourth-order valence-corrected chi connectivity index (χ4v) is 2.05. The highest BCUT2D eigenvalue weighted by atomic mass is 35.5. The van der Waals surface area contributed by atoms with Crippen LogP contribution in [0.5, 0.6) is 0 Å². The molecular formula is C14H12Cl2N4O. The van der Waals surface area contributed by atoms with Crippen molar-refractivity contribution < 1.29 is 4.79 Å². The van der Waals surface area contributed by atoms with Crippen LogP contribution < -0.4 is 10.6 Å². The molecule has 5 nitrogen and oxygen atoms in total. The van der Waals surface area contributed by atoms with Crippen LogP contribution in [0.2, 0.25) is 10.0 Å². The number of rotatable bonds is 4. The zero-order chi connectivity index (χ0) is 14.8. The first-order chi connectivity index (χ1) is 10.1. The van der Waals surface area contributed by atoms with Crippen molar-refractivity contribution in [3.63, 3.8) is 0 Å². The van der Waals surface area contributed by atoms with Gasteiger partial charge < -0.3 is 10.6 Å². The predicted octanol–water partition coefficient (Wildman–Crippen LogP) is 3.61. The molecule has 0 spiro atoms. The summed E-state index contributed by atoms with van der Waals surface area (Å²) in [6.45, 7) is 0. The third kappa shape index (κ3) is 3.62. The molecule has 0 unspecified atom stereocenters. The number of aromatic nitrogens is 2. The Morgan fingerprint density at radius 2 is 1.90 bits per heavy atom. The van der Waals surface area contributed by atoms with Gasteiger partial charge in [-0.25, -0.2) is 9.97 Å². The second-order valence-corrected chi connectivity index (χ2v) is 5.64. The van der Waals surface area contributed by atoms with E-state index < -0.39 is 0 Å². The smallest absolute Gasteiger partial charge is 0.258 e. The van der Waals surface area contributed by atoms with Crippen molar-refractivity contribution in [2.75, 3.05) is 10.6 Å². The van der Waals surface area contributed by atoms with E-state index in [1.807, 2.05) is 0 Å². The molecule has 2 aromatic rings. The Morgan fingerprint density at radius 3 is 2.57 bits per heavy atom. The van der Waals surface area contributed by atoms with Gasteiger partial charge in [0.2, 0.25) is 5.95 Å². The van der Waals surface area contributed by atoms with Crippen molar-refractivity contribution in [2.45, 2.75) is 18.9 Å². The van der Waals surface area contributed by atoms with Gasteiger partial charge in [-0.3, -0.25) is 4.79 Å². The minimum atomic E-state index is -0.336. The van der Waals surface area contributed by atoms with E-state index in [4.69, 9.17) is 23.2 Å². The topological polar surface area (TPSA) is 66.9 Å². The van der Waals surface area contributed by atoms with Gasteiger partial charge >= 0.3 is 0 Å². The van der Waals surface area contributed by atoms with Crippen LogP contribution in [0.4, 0.5) is 11.6 Å². The summed E-state index contributed by atoms with van der Waals surface area (Å²) in [6.07, 6.45) is 5.23. The third-order valence-electron chi connectivity index (χ3n) is 3.00. The fourth-order valence-electron chi connectivity index (χ4n) is 1.72. The molecule has 2 N–H and O–H groups in total. The number of benzene rings is 1. The average Bonchev–Trinajstić information content (AvgIpc) is 3.27. The first kappa shape index (κ1) is 14.1. The number of nitrogens with one attached hydrogen (secondary N) is 2. The summed E-state index contributed by atoms with van der Waals surface area (Å²) in [6, 6.07) is 5.33. The molecule has 1 heterocycles. The zero-order valence-corrected chi connectivity index (χ0v) is 12.4. The quantitative estimate of drug-likeness (QED) is 0.902. The summed E-state index contributed by atoms with van der Waals surface area (Å²) >= 11 is 11.9. The molecule has 7 heteroatoms. The molecule has 108 valence electrons. The number of halogens is 2. The SMILES string of the molecule is O=C(Nc1cc(Cl)ccc1Cl)c1cnc(NC2CC2)nc1. The minimum absolute atomic E-state index is 0.336. The second-order valence-electron chi connectivity index (χ2n) is 4.79. The lowest BCUT2D eigenvalue weighted by molar-refractivity contribution is 0.102. The van der Waals surface area contributed by atoms with Gasteiger partial charge in [-0.15, -0.1) is 0 Å². The molecule has 3 rings (SSSR count). The van der Waals surface area contributed by atoms with Crippen molar-refractivity contribution in [1.29, 1.82) is 0 Å². The Balaban J connectivity index is 1.70. The summed E-state index contributed by atoms with van der Waals surface area (Å²) in [7, 11) is 0. The number of carbonyl (C=O) groups is 1. The van der Waals surface area contributed by atoms with E-state index in [1.165, 1.54) is 12.4 Å². The molecule has 1 fully saturated rings. The molecule has 1 aromatic heterocycles. The number of nitrogens with zero attached hydrogens (tertiary/aromatic N) is 2. The lowest BCUT2D eigenvalue weighted by Crippen LogP contribution is -2.14. The van der Waals surface area contributed by atoms with Crippen molar-refractivity contribution in [3.05, 3.63) is 46.2 Å². The molecule has 1 aromatic carbocycles. The highest BCUT2D eigenvalue weighted by molar-refractivity contribution is 6.35. The van der Waals surface area contributed by atoms with Crippen LogP contribution in [0, 0.1) is 0 Å². The van der Waals surface area contributed by atoms with E-state index in [2.05, 4.69) is 20.6 Å². The average molecular weight is 323 g/mol. The molecule has 1 saturated carbocycles. The van der Waals surface area contributed by atoms with Crippen LogP contribution in [0.25, 0.3) is 0 Å². The molecule has 0 aliphatic heterocycles. The standard InChI is InChI=1S/C14H12Cl2N4O/c15-9-1-4-11(16)12(5-9)20-13(21)8-6-17-14(18-7-8)19-10-2-3-10/h1,4-7,10H,2-3H2,(H,20,21)(H,17,18,19). The maximum atomic E-state index is 12.1. The minimum Gasteiger partial charge on any atom is -0.351 e. The lowest BCUT2D eigenvalue weighted by atomic mass is 10.2. The van der Waals surface area contributed by atoms with Gasteiger partial charge in [0.1, 0.15) is 0 Å². The molecule has 0 atom stereocenters. The monoisotopic (exact) mass is 322 g/mol. The van der Waals surface area contributed by atoms with E-state index in [1.54, 1.807) is 18.2 Å². The van der Waals surface area contributed by atoms with Crippen LogP contribution in [-0.2, 0) is 0 Å². The lowest BCUT2D eigenvalue weighted by Gasteiger charge is -2.08. The van der Waals surface area contributed by atoms with Gasteiger partial charge in [0.05, 0.1) is 16.3 Å². The number of hydrogen-bond donors (Lipinski definition) is 2. The van der Waals surface area contributed by atoms with Crippen LogP contribution in [0.1, 0.15) is 23.2 Å². The van der Waals surface area contributed by atoms with Crippen molar-refractivity contribution >= 4 is 40.7 Å². The summed E-state index contributed by atoms with van der Waals surface area (Å²) in [5.74, 6) is 0.201. The largest absolute Gasteiger partial charge is 0.351 e. The van der Waals surface area contributed by atoms with E-state index >= 15 is 0 Å². The molecule has 0 bridgehead atoms. The van der Waals surface area contributed by atoms with Crippen LogP contribution in [-0.4, -0.2) is 21.9 Å². The first-order valence-electron chi connectivity index (χ1n) is 6.47. The molecule has 1 aliphatic carbocycles. The Morgan fingerprint density at radius 1 is 1.19 bits per heavy atom. The Kier molecular flexibility index (Phi) is 3.94. The molecular weight excluding hydrogens is 311 g/mol. The highest BCUT2D eigenvalue weighted by Gasteiger charge is 2.21. The number of anilines is 2. The number of carbonyl (C=O) groups excluding carboxylic acids is 1. The number of amides is 1. The fraction of sp³-hybridized carbons (Fsp3) is 0.214. The van der Waals surface area contributed by atoms with E-state index in [0.717, 1.165) is 12.8 Å². The van der Waals surface area contributed by atoms with Crippen LogP contribution >= 0.6 is 23.2 Å². The van der Waals surface area contributed by atoms with Crippen LogP contribution in [0.3, 0.4) is 0 Å². The summed E-state index contributed by atoms with van der Waals surface area (Å²) in [5.41, 5.74) is 0.807.